The second-order valence-electron chi connectivity index (χ2n) is 4.78. The second kappa shape index (κ2) is 4.41. The van der Waals surface area contributed by atoms with Crippen molar-refractivity contribution in [2.75, 3.05) is 0 Å². The molecule has 1 nitrogen and oxygen atoms in total. The summed E-state index contributed by atoms with van der Waals surface area (Å²) in [7, 11) is 0. The van der Waals surface area contributed by atoms with Gasteiger partial charge in [-0.1, -0.05) is 0 Å². The molecular weight excluding hydrogens is 283 g/mol. The van der Waals surface area contributed by atoms with E-state index in [1.807, 2.05) is 0 Å². The molecule has 0 aromatic heterocycles. The summed E-state index contributed by atoms with van der Waals surface area (Å²) in [6.45, 7) is 8.92. The van der Waals surface area contributed by atoms with E-state index in [0.29, 0.717) is 5.92 Å². The summed E-state index contributed by atoms with van der Waals surface area (Å²) in [6, 6.07) is 0. The molecule has 1 heterocycles. The summed E-state index contributed by atoms with van der Waals surface area (Å²) >= 11 is 0.175. The molecule has 0 saturated heterocycles. The fraction of sp³-hybridized carbons (Fsp3) is 0.500. The summed E-state index contributed by atoms with van der Waals surface area (Å²) in [5, 5.41) is 0. The second-order valence-corrected chi connectivity index (χ2v) is 8.02. The molecule has 2 aliphatic rings. The fourth-order valence-corrected chi connectivity index (χ4v) is 5.06. The van der Waals surface area contributed by atoms with Crippen LogP contribution in [0.2, 0.25) is 0 Å². The molecule has 1 atom stereocenters. The van der Waals surface area contributed by atoms with Gasteiger partial charge >= 0.3 is 106 Å². The molecule has 0 radical (unpaired) electrons. The molecule has 88 valence electrons. The summed E-state index contributed by atoms with van der Waals surface area (Å²) < 4.78 is 1.76. The van der Waals surface area contributed by atoms with Gasteiger partial charge < -0.3 is 0 Å². The average molecular weight is 302 g/mol. The molecule has 2 rings (SSSR count). The van der Waals surface area contributed by atoms with Crippen molar-refractivity contribution in [3.63, 3.8) is 0 Å². The summed E-state index contributed by atoms with van der Waals surface area (Å²) in [5.41, 5.74) is 2.74. The van der Waals surface area contributed by atoms with Crippen LogP contribution in [0.4, 0.5) is 0 Å². The van der Waals surface area contributed by atoms with Crippen LogP contribution in [-0.4, -0.2) is 9.84 Å². The van der Waals surface area contributed by atoms with Crippen molar-refractivity contribution in [3.05, 3.63) is 34.0 Å². The molecule has 1 aliphatic heterocycles. The quantitative estimate of drug-likeness (QED) is 0.705. The Kier molecular flexibility index (Phi) is 3.30. The molecule has 0 saturated carbocycles. The van der Waals surface area contributed by atoms with Gasteiger partial charge in [-0.25, -0.2) is 0 Å². The Morgan fingerprint density at radius 1 is 1.38 bits per heavy atom. The normalized spacial score (nSPS) is 28.7. The van der Waals surface area contributed by atoms with Gasteiger partial charge in [0.05, 0.1) is 0 Å². The van der Waals surface area contributed by atoms with E-state index < -0.39 is 0 Å². The molecule has 1 unspecified atom stereocenters. The van der Waals surface area contributed by atoms with Crippen molar-refractivity contribution < 1.29 is 17.1 Å². The minimum absolute atomic E-state index is 0.0955. The monoisotopic (exact) mass is 303 g/mol. The predicted molar refractivity (Wildman–Crippen MR) is 66.3 cm³/mol. The average Bonchev–Trinajstić information content (AvgIpc) is 2.74. The van der Waals surface area contributed by atoms with Gasteiger partial charge in [0.25, 0.3) is 0 Å². The molecule has 2 heteroatoms. The van der Waals surface area contributed by atoms with Crippen LogP contribution in [0.25, 0.3) is 0 Å². The van der Waals surface area contributed by atoms with Gasteiger partial charge in [0, 0.05) is 0 Å². The number of allylic oxidation sites excluding steroid dienone is 5. The predicted octanol–water partition coefficient (Wildman–Crippen LogP) is 3.69. The van der Waals surface area contributed by atoms with Gasteiger partial charge in [0.1, 0.15) is 0 Å². The van der Waals surface area contributed by atoms with Crippen LogP contribution >= 0.6 is 0 Å². The number of rotatable bonds is 3. The molecule has 0 bridgehead atoms. The molecule has 0 aromatic rings. The molecule has 0 amide bonds. The van der Waals surface area contributed by atoms with Crippen molar-refractivity contribution in [2.45, 2.75) is 38.2 Å². The molecule has 0 N–H and O–H groups in total. The van der Waals surface area contributed by atoms with E-state index in [1.54, 1.807) is 9.74 Å². The molecule has 16 heavy (non-hydrogen) atoms. The van der Waals surface area contributed by atoms with E-state index in [1.165, 1.54) is 5.71 Å². The first-order valence-electron chi connectivity index (χ1n) is 5.79. The van der Waals surface area contributed by atoms with E-state index in [0.717, 1.165) is 6.42 Å². The van der Waals surface area contributed by atoms with Crippen molar-refractivity contribution >= 4 is 5.71 Å². The Labute approximate surface area is 106 Å². The van der Waals surface area contributed by atoms with Gasteiger partial charge in [-0.3, -0.25) is 0 Å². The number of nitrogens with zero attached hydrogens (tertiary/aromatic N) is 1. The molecule has 1 aliphatic carbocycles. The van der Waals surface area contributed by atoms with E-state index >= 15 is 0 Å². The van der Waals surface area contributed by atoms with Crippen molar-refractivity contribution in [2.24, 2.45) is 10.9 Å². The minimum atomic E-state index is 0.0955. The molecular formula is C14H19NRu. The Bertz CT molecular complexity index is 412. The summed E-state index contributed by atoms with van der Waals surface area (Å²) in [5.74, 6) is 0.655. The Morgan fingerprint density at radius 2 is 2.12 bits per heavy atom. The SMILES string of the molecule is CC1=N[C](C)([Ru][C]2=C(C(C)C)C=CC2)C=C1. The van der Waals surface area contributed by atoms with Crippen LogP contribution in [0.15, 0.2) is 39.0 Å². The third-order valence-electron chi connectivity index (χ3n) is 2.82. The first-order valence-corrected chi connectivity index (χ1v) is 7.53. The number of hydrogen-bond acceptors (Lipinski definition) is 1. The van der Waals surface area contributed by atoms with Gasteiger partial charge in [0.2, 0.25) is 0 Å². The van der Waals surface area contributed by atoms with E-state index in [4.69, 9.17) is 4.99 Å². The molecule has 0 aromatic carbocycles. The standard InChI is InChI=1S/C8H11.C6H8N.Ru/c1-7(2)8-5-3-4-6-8;1-5-3-4-6(2)7-5;/h3,5,7H,4H2,1-2H3;3-4H,1-2H3;. The fourth-order valence-electron chi connectivity index (χ4n) is 2.03. The van der Waals surface area contributed by atoms with Crippen molar-refractivity contribution in [1.82, 2.24) is 0 Å². The van der Waals surface area contributed by atoms with Crippen molar-refractivity contribution in [3.8, 4) is 0 Å². The van der Waals surface area contributed by atoms with Crippen LogP contribution in [0.1, 0.15) is 34.1 Å². The van der Waals surface area contributed by atoms with Crippen LogP contribution in [0.3, 0.4) is 0 Å². The molecule has 0 fully saturated rings. The summed E-state index contributed by atoms with van der Waals surface area (Å²) in [6.07, 6.45) is 10.2. The zero-order valence-electron chi connectivity index (χ0n) is 10.4. The topological polar surface area (TPSA) is 12.4 Å². The zero-order valence-corrected chi connectivity index (χ0v) is 12.1. The van der Waals surface area contributed by atoms with Crippen LogP contribution in [0, 0.1) is 5.92 Å². The van der Waals surface area contributed by atoms with E-state index in [2.05, 4.69) is 52.0 Å². The van der Waals surface area contributed by atoms with E-state index in [9.17, 15) is 0 Å². The van der Waals surface area contributed by atoms with Gasteiger partial charge in [-0.05, 0) is 0 Å². The van der Waals surface area contributed by atoms with Gasteiger partial charge in [-0.15, -0.1) is 0 Å². The van der Waals surface area contributed by atoms with Crippen molar-refractivity contribution in [1.29, 1.82) is 0 Å². The third kappa shape index (κ3) is 2.43. The molecule has 0 spiro atoms. The van der Waals surface area contributed by atoms with Crippen LogP contribution in [-0.2, 0) is 17.1 Å². The number of aliphatic imine (C=N–C) groups is 1. The first kappa shape index (κ1) is 12.0. The Hall–Kier alpha value is -0.487. The number of hydrogen-bond donors (Lipinski definition) is 0. The van der Waals surface area contributed by atoms with Crippen LogP contribution in [0.5, 0.6) is 0 Å². The zero-order chi connectivity index (χ0) is 11.8. The van der Waals surface area contributed by atoms with Gasteiger partial charge in [-0.2, -0.15) is 0 Å². The van der Waals surface area contributed by atoms with Gasteiger partial charge in [0.15, 0.2) is 0 Å². The van der Waals surface area contributed by atoms with Crippen LogP contribution < -0.4 is 0 Å². The Balaban J connectivity index is 2.18. The maximum atomic E-state index is 4.76. The summed E-state index contributed by atoms with van der Waals surface area (Å²) in [4.78, 5) is 4.76. The van der Waals surface area contributed by atoms with E-state index in [-0.39, 0.29) is 21.3 Å². The maximum absolute atomic E-state index is 4.76. The Morgan fingerprint density at radius 3 is 2.69 bits per heavy atom. The first-order chi connectivity index (χ1) is 7.50. The third-order valence-corrected chi connectivity index (χ3v) is 5.57.